The van der Waals surface area contributed by atoms with Crippen LogP contribution >= 0.6 is 0 Å². The van der Waals surface area contributed by atoms with Crippen LogP contribution in [-0.4, -0.2) is 67.3 Å². The average molecular weight is 507 g/mol. The highest BCUT2D eigenvalue weighted by molar-refractivity contribution is 5.37. The summed E-state index contributed by atoms with van der Waals surface area (Å²) in [6, 6.07) is 0. The molecule has 1 aliphatic heterocycles. The van der Waals surface area contributed by atoms with E-state index in [1.807, 2.05) is 6.92 Å². The fraction of sp³-hybridized carbons (Fsp3) is 0.933. The Labute approximate surface area is 217 Å². The van der Waals surface area contributed by atoms with Crippen LogP contribution in [0.4, 0.5) is 0 Å². The number of rotatable bonds is 2. The van der Waals surface area contributed by atoms with Crippen molar-refractivity contribution >= 4 is 0 Å². The second-order valence-corrected chi connectivity index (χ2v) is 15.3. The number of fused-ring (bicyclic) bond motifs is 5. The molecular weight excluding hydrogens is 456 g/mol. The van der Waals surface area contributed by atoms with E-state index in [0.717, 1.165) is 12.8 Å². The molecule has 3 saturated carbocycles. The highest BCUT2D eigenvalue weighted by atomic mass is 16.5. The van der Waals surface area contributed by atoms with Crippen molar-refractivity contribution in [1.29, 1.82) is 0 Å². The summed E-state index contributed by atoms with van der Waals surface area (Å²) in [6.07, 6.45) is 3.32. The maximum Gasteiger partial charge on any atom is 0.0865 e. The summed E-state index contributed by atoms with van der Waals surface area (Å²) < 4.78 is 6.56. The predicted octanol–water partition coefficient (Wildman–Crippen LogP) is 3.57. The average Bonchev–Trinajstić information content (AvgIpc) is 3.23. The van der Waals surface area contributed by atoms with E-state index >= 15 is 0 Å². The largest absolute Gasteiger partial charge is 0.393 e. The molecule has 6 nitrogen and oxygen atoms in total. The highest BCUT2D eigenvalue weighted by Crippen LogP contribution is 2.74. The summed E-state index contributed by atoms with van der Waals surface area (Å²) in [7, 11) is 0. The Morgan fingerprint density at radius 1 is 0.889 bits per heavy atom. The number of hydrogen-bond acceptors (Lipinski definition) is 6. The molecule has 0 aromatic carbocycles. The molecule has 0 aromatic rings. The van der Waals surface area contributed by atoms with Crippen molar-refractivity contribution in [2.24, 2.45) is 39.4 Å². The molecule has 4 fully saturated rings. The maximum absolute atomic E-state index is 12.0. The van der Waals surface area contributed by atoms with Crippen LogP contribution < -0.4 is 0 Å². The second-order valence-electron chi connectivity index (χ2n) is 15.3. The van der Waals surface area contributed by atoms with Crippen LogP contribution in [0.2, 0.25) is 0 Å². The van der Waals surface area contributed by atoms with Gasteiger partial charge >= 0.3 is 0 Å². The summed E-state index contributed by atoms with van der Waals surface area (Å²) in [5.41, 5.74) is -2.27. The van der Waals surface area contributed by atoms with E-state index in [1.165, 1.54) is 5.57 Å². The minimum atomic E-state index is -0.973. The zero-order valence-corrected chi connectivity index (χ0v) is 23.6. The Morgan fingerprint density at radius 2 is 1.53 bits per heavy atom. The summed E-state index contributed by atoms with van der Waals surface area (Å²) in [6.45, 7) is 16.3. The lowest BCUT2D eigenvalue weighted by Gasteiger charge is -2.66. The van der Waals surface area contributed by atoms with Gasteiger partial charge in [-0.3, -0.25) is 0 Å². The normalized spacial score (nSPS) is 56.5. The number of ether oxygens (including phenoxy) is 1. The first kappa shape index (κ1) is 27.1. The van der Waals surface area contributed by atoms with Crippen LogP contribution in [0.25, 0.3) is 0 Å². The van der Waals surface area contributed by atoms with Crippen LogP contribution in [-0.2, 0) is 4.74 Å². The summed E-state index contributed by atoms with van der Waals surface area (Å²) in [4.78, 5) is 0. The first-order valence-corrected chi connectivity index (χ1v) is 14.2. The van der Waals surface area contributed by atoms with Gasteiger partial charge in [0.05, 0.1) is 41.7 Å². The van der Waals surface area contributed by atoms with Gasteiger partial charge in [0.15, 0.2) is 0 Å². The Morgan fingerprint density at radius 3 is 2.11 bits per heavy atom. The van der Waals surface area contributed by atoms with Crippen molar-refractivity contribution in [3.63, 3.8) is 0 Å². The van der Waals surface area contributed by atoms with Gasteiger partial charge in [-0.05, 0) is 81.5 Å². The Balaban J connectivity index is 1.59. The van der Waals surface area contributed by atoms with Gasteiger partial charge in [-0.25, -0.2) is 0 Å². The number of hydrogen-bond donors (Lipinski definition) is 5. The smallest absolute Gasteiger partial charge is 0.0865 e. The Bertz CT molecular complexity index is 938. The molecule has 36 heavy (non-hydrogen) atoms. The summed E-state index contributed by atoms with van der Waals surface area (Å²) in [5, 5.41) is 56.8. The molecule has 1 heterocycles. The standard InChI is InChI=1S/C30H50O6/c1-25(2)20(33)9-11-27(5)16-14-21(34)30(8)24(29(7)12-10-22(36-29)26(3,4)35)19(32)15-28(30,6)17(16)13-18(31)23(25)27/h14,17-24,31-35H,9-13,15H2,1-8H3/t17-,18+,19+,20+,21+,22+,23+,24-,27-,28+,29-,30-/m1/s1. The zero-order chi connectivity index (χ0) is 26.9. The molecule has 0 spiro atoms. The number of aliphatic hydroxyl groups excluding tert-OH is 4. The third-order valence-corrected chi connectivity index (χ3v) is 12.6. The molecule has 12 atom stereocenters. The number of allylic oxidation sites excluding steroid dienone is 1. The van der Waals surface area contributed by atoms with Gasteiger partial charge in [-0.1, -0.05) is 46.3 Å². The van der Waals surface area contributed by atoms with Gasteiger partial charge in [0, 0.05) is 17.3 Å². The van der Waals surface area contributed by atoms with Crippen molar-refractivity contribution in [3.8, 4) is 0 Å². The Hall–Kier alpha value is -0.500. The van der Waals surface area contributed by atoms with Gasteiger partial charge in [0.1, 0.15) is 0 Å². The molecule has 0 unspecified atom stereocenters. The summed E-state index contributed by atoms with van der Waals surface area (Å²) in [5.74, 6) is -0.368. The molecule has 5 N–H and O–H groups in total. The first-order chi connectivity index (χ1) is 16.3. The second kappa shape index (κ2) is 7.79. The molecule has 0 radical (unpaired) electrons. The Kier molecular flexibility index (Phi) is 5.86. The van der Waals surface area contributed by atoms with Gasteiger partial charge in [0.2, 0.25) is 0 Å². The fourth-order valence-electron chi connectivity index (χ4n) is 10.6. The van der Waals surface area contributed by atoms with Crippen LogP contribution in [0.3, 0.4) is 0 Å². The summed E-state index contributed by atoms with van der Waals surface area (Å²) >= 11 is 0. The van der Waals surface area contributed by atoms with Crippen LogP contribution in [0, 0.1) is 39.4 Å². The van der Waals surface area contributed by atoms with E-state index in [2.05, 4.69) is 40.7 Å². The van der Waals surface area contributed by atoms with Gasteiger partial charge in [-0.2, -0.15) is 0 Å². The molecule has 0 bridgehead atoms. The minimum Gasteiger partial charge on any atom is -0.393 e. The predicted molar refractivity (Wildman–Crippen MR) is 138 cm³/mol. The first-order valence-electron chi connectivity index (χ1n) is 14.2. The third-order valence-electron chi connectivity index (χ3n) is 12.6. The molecule has 5 aliphatic rings. The maximum atomic E-state index is 12.0. The molecule has 1 saturated heterocycles. The lowest BCUT2D eigenvalue weighted by molar-refractivity contribution is -0.201. The van der Waals surface area contributed by atoms with Crippen molar-refractivity contribution in [2.75, 3.05) is 0 Å². The third kappa shape index (κ3) is 3.24. The van der Waals surface area contributed by atoms with E-state index in [1.54, 1.807) is 13.8 Å². The van der Waals surface area contributed by atoms with E-state index in [-0.39, 0.29) is 29.3 Å². The van der Waals surface area contributed by atoms with E-state index in [0.29, 0.717) is 25.7 Å². The van der Waals surface area contributed by atoms with E-state index in [9.17, 15) is 25.5 Å². The van der Waals surface area contributed by atoms with Crippen molar-refractivity contribution in [1.82, 2.24) is 0 Å². The molecule has 0 amide bonds. The molecule has 206 valence electrons. The van der Waals surface area contributed by atoms with Crippen LogP contribution in [0.1, 0.15) is 93.9 Å². The zero-order valence-electron chi connectivity index (χ0n) is 23.6. The van der Waals surface area contributed by atoms with Crippen molar-refractivity contribution in [3.05, 3.63) is 11.6 Å². The molecule has 0 aromatic heterocycles. The van der Waals surface area contributed by atoms with Crippen molar-refractivity contribution in [2.45, 2.75) is 136 Å². The van der Waals surface area contributed by atoms with Gasteiger partial charge in [0.25, 0.3) is 0 Å². The SMILES string of the molecule is CC(C)(O)[C@@H]1CC[C@](C)([C@H]2[C@@H](O)C[C@@]3(C)[C@@H]4C[C@H](O)[C@H]5C(C)(C)[C@@H](O)CC[C@]5(C)C4=C[C@H](O)[C@]23C)O1. The lowest BCUT2D eigenvalue weighted by atomic mass is 9.40. The van der Waals surface area contributed by atoms with Crippen LogP contribution in [0.15, 0.2) is 11.6 Å². The van der Waals surface area contributed by atoms with Crippen LogP contribution in [0.5, 0.6) is 0 Å². The molecule has 6 heteroatoms. The fourth-order valence-corrected chi connectivity index (χ4v) is 10.6. The molecular formula is C30H50O6. The lowest BCUT2D eigenvalue weighted by Crippen LogP contribution is -2.65. The van der Waals surface area contributed by atoms with Crippen molar-refractivity contribution < 1.29 is 30.3 Å². The van der Waals surface area contributed by atoms with E-state index in [4.69, 9.17) is 4.74 Å². The monoisotopic (exact) mass is 506 g/mol. The van der Waals surface area contributed by atoms with Gasteiger partial charge in [-0.15, -0.1) is 0 Å². The molecule has 5 rings (SSSR count). The minimum absolute atomic E-state index is 0.0305. The topological polar surface area (TPSA) is 110 Å². The molecule has 4 aliphatic carbocycles. The van der Waals surface area contributed by atoms with Gasteiger partial charge < -0.3 is 30.3 Å². The highest BCUT2D eigenvalue weighted by Gasteiger charge is 2.73. The number of aliphatic hydroxyl groups is 5. The van der Waals surface area contributed by atoms with E-state index < -0.39 is 51.9 Å². The quantitative estimate of drug-likeness (QED) is 0.366.